The highest BCUT2D eigenvalue weighted by Crippen LogP contribution is 2.26. The average molecular weight is 362 g/mol. The first-order valence-corrected chi connectivity index (χ1v) is 9.49. The van der Waals surface area contributed by atoms with E-state index >= 15 is 0 Å². The Hall–Kier alpha value is -2.71. The van der Waals surface area contributed by atoms with E-state index in [0.29, 0.717) is 6.42 Å². The molecule has 0 bridgehead atoms. The number of fused-ring (bicyclic) bond motifs is 1. The second kappa shape index (κ2) is 7.27. The van der Waals surface area contributed by atoms with Crippen molar-refractivity contribution in [2.75, 3.05) is 18.0 Å². The molecule has 0 aliphatic carbocycles. The Bertz CT molecular complexity index is 912. The van der Waals surface area contributed by atoms with Crippen LogP contribution < -0.4 is 10.2 Å². The molecule has 1 fully saturated rings. The minimum Gasteiger partial charge on any atom is -0.360 e. The number of hydrogen-bond acceptors (Lipinski definition) is 4. The van der Waals surface area contributed by atoms with Gasteiger partial charge in [0.25, 0.3) is 5.24 Å². The lowest BCUT2D eigenvalue weighted by atomic mass is 10.1. The van der Waals surface area contributed by atoms with Gasteiger partial charge in [0.05, 0.1) is 11.8 Å². The number of carbonyl (C=O) groups excluding carboxylic acids is 2. The summed E-state index contributed by atoms with van der Waals surface area (Å²) in [6.07, 6.45) is 1.64. The molecule has 1 N–H and O–H groups in total. The summed E-state index contributed by atoms with van der Waals surface area (Å²) in [5, 5.41) is 1.74. The molecule has 0 aromatic heterocycles. The lowest BCUT2D eigenvalue weighted by molar-refractivity contribution is -0.118. The number of nitrogens with zero attached hydrogens (tertiary/aromatic N) is 1. The number of amides is 2. The van der Waals surface area contributed by atoms with Gasteiger partial charge in [-0.1, -0.05) is 53.9 Å². The van der Waals surface area contributed by atoms with E-state index < -0.39 is 0 Å². The monoisotopic (exact) mass is 362 g/mol. The fourth-order valence-electron chi connectivity index (χ4n) is 3.27. The summed E-state index contributed by atoms with van der Waals surface area (Å²) in [5.41, 5.74) is 4.68. The first kappa shape index (κ1) is 16.7. The van der Waals surface area contributed by atoms with Crippen molar-refractivity contribution in [3.63, 3.8) is 0 Å². The molecule has 4 nitrogen and oxygen atoms in total. The van der Waals surface area contributed by atoms with E-state index in [9.17, 15) is 9.59 Å². The molecule has 2 amide bonds. The first-order valence-electron chi connectivity index (χ1n) is 8.61. The summed E-state index contributed by atoms with van der Waals surface area (Å²) >= 11 is 1.06. The fourth-order valence-corrected chi connectivity index (χ4v) is 4.13. The van der Waals surface area contributed by atoms with Crippen LogP contribution in [0.3, 0.4) is 0 Å². The van der Waals surface area contributed by atoms with Gasteiger partial charge in [0.15, 0.2) is 0 Å². The molecule has 0 spiro atoms. The molecule has 4 rings (SSSR count). The van der Waals surface area contributed by atoms with Crippen molar-refractivity contribution < 1.29 is 9.59 Å². The van der Waals surface area contributed by atoms with Crippen molar-refractivity contribution >= 4 is 28.6 Å². The molecule has 1 unspecified atom stereocenters. The number of para-hydroxylation sites is 1. The SMILES string of the molecule is O=C1NC(=O)C(Cc2ccc(C#CCN3CCc4ccccc43)cc2)S1. The molecule has 130 valence electrons. The van der Waals surface area contributed by atoms with Crippen molar-refractivity contribution in [2.45, 2.75) is 18.1 Å². The number of nitrogens with one attached hydrogen (secondary N) is 1. The smallest absolute Gasteiger partial charge is 0.286 e. The Balaban J connectivity index is 1.36. The molecule has 2 aromatic rings. The van der Waals surface area contributed by atoms with Crippen molar-refractivity contribution in [2.24, 2.45) is 0 Å². The molecule has 26 heavy (non-hydrogen) atoms. The van der Waals surface area contributed by atoms with Crippen LogP contribution in [0.25, 0.3) is 0 Å². The maximum atomic E-state index is 11.6. The molecule has 2 aromatic carbocycles. The third-order valence-corrected chi connectivity index (χ3v) is 5.61. The Kier molecular flexibility index (Phi) is 4.68. The Morgan fingerprint density at radius 3 is 2.69 bits per heavy atom. The van der Waals surface area contributed by atoms with Gasteiger partial charge in [0, 0.05) is 17.8 Å². The number of benzene rings is 2. The maximum absolute atomic E-state index is 11.6. The van der Waals surface area contributed by atoms with E-state index in [2.05, 4.69) is 46.3 Å². The average Bonchev–Trinajstić information content (AvgIpc) is 3.19. The van der Waals surface area contributed by atoms with Gasteiger partial charge in [-0.2, -0.15) is 0 Å². The third-order valence-electron chi connectivity index (χ3n) is 4.63. The summed E-state index contributed by atoms with van der Waals surface area (Å²) < 4.78 is 0. The van der Waals surface area contributed by atoms with Gasteiger partial charge in [0.2, 0.25) is 5.91 Å². The molecule has 0 saturated carbocycles. The summed E-state index contributed by atoms with van der Waals surface area (Å²) in [5.74, 6) is 6.26. The van der Waals surface area contributed by atoms with E-state index in [4.69, 9.17) is 0 Å². The normalized spacial score (nSPS) is 18.3. The van der Waals surface area contributed by atoms with Crippen LogP contribution >= 0.6 is 11.8 Å². The first-order chi connectivity index (χ1) is 12.7. The van der Waals surface area contributed by atoms with E-state index in [1.807, 2.05) is 24.3 Å². The van der Waals surface area contributed by atoms with Gasteiger partial charge in [-0.05, 0) is 42.2 Å². The number of hydrogen-bond donors (Lipinski definition) is 1. The van der Waals surface area contributed by atoms with Crippen molar-refractivity contribution in [1.82, 2.24) is 5.32 Å². The molecule has 0 radical (unpaired) electrons. The second-order valence-corrected chi connectivity index (χ2v) is 7.56. The standard InChI is InChI=1S/C21H18N2O2S/c24-20-19(26-21(25)22-20)14-16-9-7-15(8-10-16)4-3-12-23-13-11-17-5-1-2-6-18(17)23/h1-2,5-10,19H,11-14H2,(H,22,24,25). The minimum absolute atomic E-state index is 0.199. The van der Waals surface area contributed by atoms with Crippen LogP contribution in [0.1, 0.15) is 16.7 Å². The Morgan fingerprint density at radius 2 is 1.92 bits per heavy atom. The highest BCUT2D eigenvalue weighted by Gasteiger charge is 2.31. The molecule has 2 aliphatic rings. The number of rotatable bonds is 3. The Labute approximate surface area is 157 Å². The highest BCUT2D eigenvalue weighted by atomic mass is 32.2. The van der Waals surface area contributed by atoms with Gasteiger partial charge in [0.1, 0.15) is 0 Å². The van der Waals surface area contributed by atoms with E-state index in [-0.39, 0.29) is 16.4 Å². The van der Waals surface area contributed by atoms with Crippen LogP contribution in [0.4, 0.5) is 10.5 Å². The summed E-state index contributed by atoms with van der Waals surface area (Å²) in [6.45, 7) is 1.74. The van der Waals surface area contributed by atoms with E-state index in [1.54, 1.807) is 0 Å². The van der Waals surface area contributed by atoms with E-state index in [1.165, 1.54) is 11.3 Å². The predicted octanol–water partition coefficient (Wildman–Crippen LogP) is 2.99. The number of thioether (sulfide) groups is 1. The highest BCUT2D eigenvalue weighted by molar-refractivity contribution is 8.15. The number of carbonyl (C=O) groups is 2. The zero-order chi connectivity index (χ0) is 17.9. The van der Waals surface area contributed by atoms with Crippen LogP contribution in [-0.2, 0) is 17.6 Å². The van der Waals surface area contributed by atoms with Crippen LogP contribution in [0, 0.1) is 11.8 Å². The third kappa shape index (κ3) is 3.61. The fraction of sp³-hybridized carbons (Fsp3) is 0.238. The van der Waals surface area contributed by atoms with Crippen molar-refractivity contribution in [3.8, 4) is 11.8 Å². The summed E-state index contributed by atoms with van der Waals surface area (Å²) in [7, 11) is 0. The second-order valence-electron chi connectivity index (χ2n) is 6.39. The topological polar surface area (TPSA) is 49.4 Å². The molecule has 5 heteroatoms. The largest absolute Gasteiger partial charge is 0.360 e. The van der Waals surface area contributed by atoms with Gasteiger partial charge >= 0.3 is 0 Å². The van der Waals surface area contributed by atoms with Gasteiger partial charge in [-0.3, -0.25) is 14.9 Å². The van der Waals surface area contributed by atoms with Crippen LogP contribution in [0.2, 0.25) is 0 Å². The number of anilines is 1. The van der Waals surface area contributed by atoms with Crippen molar-refractivity contribution in [3.05, 3.63) is 65.2 Å². The van der Waals surface area contributed by atoms with Gasteiger partial charge < -0.3 is 4.90 Å². The van der Waals surface area contributed by atoms with Crippen LogP contribution in [0.15, 0.2) is 48.5 Å². The molecule has 2 heterocycles. The summed E-state index contributed by atoms with van der Waals surface area (Å²) in [6, 6.07) is 16.4. The molecular formula is C21H18N2O2S. The summed E-state index contributed by atoms with van der Waals surface area (Å²) in [4.78, 5) is 25.2. The molecule has 1 atom stereocenters. The van der Waals surface area contributed by atoms with Gasteiger partial charge in [-0.25, -0.2) is 0 Å². The van der Waals surface area contributed by atoms with Crippen LogP contribution in [0.5, 0.6) is 0 Å². The van der Waals surface area contributed by atoms with Gasteiger partial charge in [-0.15, -0.1) is 0 Å². The quantitative estimate of drug-likeness (QED) is 0.853. The predicted molar refractivity (Wildman–Crippen MR) is 104 cm³/mol. The van der Waals surface area contributed by atoms with Crippen LogP contribution in [-0.4, -0.2) is 29.5 Å². The lowest BCUT2D eigenvalue weighted by Gasteiger charge is -2.15. The van der Waals surface area contributed by atoms with E-state index in [0.717, 1.165) is 42.4 Å². The minimum atomic E-state index is -0.324. The molecule has 2 aliphatic heterocycles. The molecular weight excluding hydrogens is 344 g/mol. The Morgan fingerprint density at radius 1 is 1.12 bits per heavy atom. The molecule has 1 saturated heterocycles. The zero-order valence-corrected chi connectivity index (χ0v) is 15.0. The number of imide groups is 1. The maximum Gasteiger partial charge on any atom is 0.286 e. The zero-order valence-electron chi connectivity index (χ0n) is 14.2. The lowest BCUT2D eigenvalue weighted by Crippen LogP contribution is -2.25. The van der Waals surface area contributed by atoms with Crippen molar-refractivity contribution in [1.29, 1.82) is 0 Å².